The van der Waals surface area contributed by atoms with Crippen molar-refractivity contribution in [1.29, 1.82) is 0 Å². The number of imidazole rings is 1. The molecule has 0 spiro atoms. The SMILES string of the molecule is CCS(=O)(=O)c1ccc(Cc2nc3c(Cl)c(-c4ccccc4N(C)C)c(Cl)cc3[nH]2)cc1. The second-order valence-electron chi connectivity index (χ2n) is 7.76. The Bertz CT molecular complexity index is 1400. The number of nitrogens with one attached hydrogen (secondary N) is 1. The first-order chi connectivity index (χ1) is 15.2. The van der Waals surface area contributed by atoms with Gasteiger partial charge < -0.3 is 9.88 Å². The summed E-state index contributed by atoms with van der Waals surface area (Å²) < 4.78 is 24.0. The van der Waals surface area contributed by atoms with Gasteiger partial charge in [0.1, 0.15) is 11.3 Å². The van der Waals surface area contributed by atoms with Gasteiger partial charge in [-0.25, -0.2) is 13.4 Å². The summed E-state index contributed by atoms with van der Waals surface area (Å²) in [7, 11) is 0.732. The highest BCUT2D eigenvalue weighted by Crippen LogP contribution is 2.42. The van der Waals surface area contributed by atoms with Crippen LogP contribution in [0.5, 0.6) is 0 Å². The van der Waals surface area contributed by atoms with Crippen molar-refractivity contribution in [3.05, 3.63) is 76.0 Å². The van der Waals surface area contributed by atoms with Crippen LogP contribution < -0.4 is 4.90 Å². The predicted molar refractivity (Wildman–Crippen MR) is 133 cm³/mol. The number of nitrogens with zero attached hydrogens (tertiary/aromatic N) is 2. The molecule has 32 heavy (non-hydrogen) atoms. The number of hydrogen-bond donors (Lipinski definition) is 1. The molecule has 0 saturated carbocycles. The molecule has 0 bridgehead atoms. The van der Waals surface area contributed by atoms with Crippen LogP contribution in [0.25, 0.3) is 22.2 Å². The maximum atomic E-state index is 12.0. The van der Waals surface area contributed by atoms with Gasteiger partial charge in [-0.2, -0.15) is 0 Å². The lowest BCUT2D eigenvalue weighted by Crippen LogP contribution is -2.09. The summed E-state index contributed by atoms with van der Waals surface area (Å²) in [5.41, 5.74) is 5.04. The van der Waals surface area contributed by atoms with Gasteiger partial charge in [0.15, 0.2) is 9.84 Å². The molecule has 0 radical (unpaired) electrons. The quantitative estimate of drug-likeness (QED) is 0.362. The van der Waals surface area contributed by atoms with Crippen LogP contribution in [0.3, 0.4) is 0 Å². The van der Waals surface area contributed by atoms with Gasteiger partial charge in [0.2, 0.25) is 0 Å². The van der Waals surface area contributed by atoms with Crippen molar-refractivity contribution >= 4 is 49.8 Å². The minimum atomic E-state index is -3.22. The maximum Gasteiger partial charge on any atom is 0.178 e. The van der Waals surface area contributed by atoms with Gasteiger partial charge in [-0.15, -0.1) is 0 Å². The zero-order valence-electron chi connectivity index (χ0n) is 18.0. The van der Waals surface area contributed by atoms with E-state index in [1.54, 1.807) is 19.1 Å². The van der Waals surface area contributed by atoms with E-state index in [0.717, 1.165) is 33.7 Å². The molecule has 0 fully saturated rings. The number of hydrogen-bond acceptors (Lipinski definition) is 4. The Balaban J connectivity index is 1.73. The van der Waals surface area contributed by atoms with E-state index in [4.69, 9.17) is 28.2 Å². The maximum absolute atomic E-state index is 12.0. The van der Waals surface area contributed by atoms with E-state index in [-0.39, 0.29) is 5.75 Å². The first-order valence-electron chi connectivity index (χ1n) is 10.2. The number of aromatic nitrogens is 2. The van der Waals surface area contributed by atoms with Gasteiger partial charge in [0.05, 0.1) is 26.2 Å². The Morgan fingerprint density at radius 3 is 2.38 bits per heavy atom. The molecule has 0 aliphatic rings. The highest BCUT2D eigenvalue weighted by atomic mass is 35.5. The smallest absolute Gasteiger partial charge is 0.178 e. The average Bonchev–Trinajstić information content (AvgIpc) is 3.17. The topological polar surface area (TPSA) is 66.1 Å². The van der Waals surface area contributed by atoms with E-state index >= 15 is 0 Å². The van der Waals surface area contributed by atoms with Crippen LogP contribution in [0.4, 0.5) is 5.69 Å². The van der Waals surface area contributed by atoms with Gasteiger partial charge in [-0.1, -0.05) is 60.5 Å². The van der Waals surface area contributed by atoms with Crippen LogP contribution in [0.15, 0.2) is 59.5 Å². The first-order valence-corrected chi connectivity index (χ1v) is 12.6. The molecule has 1 aromatic heterocycles. The third-order valence-electron chi connectivity index (χ3n) is 5.41. The Morgan fingerprint density at radius 2 is 1.72 bits per heavy atom. The third kappa shape index (κ3) is 4.22. The van der Waals surface area contributed by atoms with Crippen molar-refractivity contribution in [2.75, 3.05) is 24.7 Å². The number of halogens is 2. The van der Waals surface area contributed by atoms with Gasteiger partial charge in [0, 0.05) is 37.3 Å². The van der Waals surface area contributed by atoms with Crippen LogP contribution in [0.2, 0.25) is 10.0 Å². The molecule has 4 rings (SSSR count). The lowest BCUT2D eigenvalue weighted by molar-refractivity contribution is 0.597. The Kier molecular flexibility index (Phi) is 6.21. The molecule has 1 N–H and O–H groups in total. The molecule has 0 atom stereocenters. The fourth-order valence-electron chi connectivity index (χ4n) is 3.71. The molecule has 0 amide bonds. The van der Waals surface area contributed by atoms with E-state index in [1.807, 2.05) is 61.5 Å². The number of fused-ring (bicyclic) bond motifs is 1. The number of sulfone groups is 1. The summed E-state index contributed by atoms with van der Waals surface area (Å²) in [4.78, 5) is 10.4. The fourth-order valence-corrected chi connectivity index (χ4v) is 5.30. The lowest BCUT2D eigenvalue weighted by atomic mass is 10.0. The van der Waals surface area contributed by atoms with Gasteiger partial charge in [-0.05, 0) is 29.8 Å². The minimum Gasteiger partial charge on any atom is -0.377 e. The predicted octanol–water partition coefficient (Wildman–Crippen LogP) is 5.99. The van der Waals surface area contributed by atoms with E-state index in [9.17, 15) is 8.42 Å². The van der Waals surface area contributed by atoms with Crippen LogP contribution in [0, 0.1) is 0 Å². The number of H-pyrrole nitrogens is 1. The second-order valence-corrected chi connectivity index (χ2v) is 10.8. The monoisotopic (exact) mass is 487 g/mol. The van der Waals surface area contributed by atoms with E-state index in [1.165, 1.54) is 0 Å². The normalized spacial score (nSPS) is 11.8. The summed E-state index contributed by atoms with van der Waals surface area (Å²) in [5.74, 6) is 0.802. The molecule has 1 heterocycles. The van der Waals surface area contributed by atoms with Gasteiger partial charge in [-0.3, -0.25) is 0 Å². The molecule has 0 aliphatic heterocycles. The molecule has 3 aromatic carbocycles. The summed E-state index contributed by atoms with van der Waals surface area (Å²) >= 11 is 13.5. The van der Waals surface area contributed by atoms with Crippen LogP contribution in [-0.4, -0.2) is 38.2 Å². The Morgan fingerprint density at radius 1 is 1.03 bits per heavy atom. The zero-order chi connectivity index (χ0) is 23.0. The Labute approximate surface area is 197 Å². The molecule has 0 aliphatic carbocycles. The van der Waals surface area contributed by atoms with E-state index in [2.05, 4.69) is 4.98 Å². The van der Waals surface area contributed by atoms with E-state index in [0.29, 0.717) is 26.9 Å². The summed E-state index contributed by atoms with van der Waals surface area (Å²) in [6.07, 6.45) is 0.513. The average molecular weight is 488 g/mol. The van der Waals surface area contributed by atoms with Crippen molar-refractivity contribution in [1.82, 2.24) is 9.97 Å². The first kappa shape index (κ1) is 22.6. The highest BCUT2D eigenvalue weighted by molar-refractivity contribution is 7.91. The number of anilines is 1. The fraction of sp³-hybridized carbons (Fsp3) is 0.208. The summed E-state index contributed by atoms with van der Waals surface area (Å²) in [6, 6.07) is 16.7. The van der Waals surface area contributed by atoms with Crippen molar-refractivity contribution in [2.45, 2.75) is 18.2 Å². The lowest BCUT2D eigenvalue weighted by Gasteiger charge is -2.19. The molecular formula is C24H23Cl2N3O2S. The molecule has 0 saturated heterocycles. The molecule has 0 unspecified atom stereocenters. The second kappa shape index (κ2) is 8.77. The molecular weight excluding hydrogens is 465 g/mol. The van der Waals surface area contributed by atoms with Gasteiger partial charge >= 0.3 is 0 Å². The molecule has 166 valence electrons. The van der Waals surface area contributed by atoms with Crippen molar-refractivity contribution in [3.63, 3.8) is 0 Å². The van der Waals surface area contributed by atoms with Crippen molar-refractivity contribution < 1.29 is 8.42 Å². The largest absolute Gasteiger partial charge is 0.377 e. The standard InChI is InChI=1S/C24H23Cl2N3O2S/c1-4-32(30,31)16-11-9-15(10-12-16)13-21-27-19-14-18(25)22(23(26)24(19)28-21)17-7-5-6-8-20(17)29(2)3/h5-12,14H,4,13H2,1-3H3,(H,27,28). The third-order valence-corrected chi connectivity index (χ3v) is 7.82. The van der Waals surface area contributed by atoms with Gasteiger partial charge in [0.25, 0.3) is 0 Å². The van der Waals surface area contributed by atoms with E-state index < -0.39 is 9.84 Å². The summed E-state index contributed by atoms with van der Waals surface area (Å²) in [6.45, 7) is 1.64. The Hall–Kier alpha value is -2.54. The van der Waals surface area contributed by atoms with Crippen molar-refractivity contribution in [3.8, 4) is 11.1 Å². The molecule has 8 heteroatoms. The van der Waals surface area contributed by atoms with Crippen molar-refractivity contribution in [2.24, 2.45) is 0 Å². The highest BCUT2D eigenvalue weighted by Gasteiger charge is 2.19. The summed E-state index contributed by atoms with van der Waals surface area (Å²) in [5, 5.41) is 1.04. The minimum absolute atomic E-state index is 0.0778. The number of benzene rings is 3. The number of para-hydroxylation sites is 1. The number of aromatic amines is 1. The van der Waals surface area contributed by atoms with Crippen LogP contribution in [0.1, 0.15) is 18.3 Å². The number of rotatable bonds is 6. The van der Waals surface area contributed by atoms with Crippen LogP contribution in [-0.2, 0) is 16.3 Å². The molecule has 4 aromatic rings. The zero-order valence-corrected chi connectivity index (χ0v) is 20.3. The molecule has 5 nitrogen and oxygen atoms in total. The van der Waals surface area contributed by atoms with Crippen LogP contribution >= 0.6 is 23.2 Å².